The van der Waals surface area contributed by atoms with E-state index in [-0.39, 0.29) is 18.9 Å². The van der Waals surface area contributed by atoms with E-state index >= 15 is 0 Å². The third-order valence-corrected chi connectivity index (χ3v) is 12.2. The Morgan fingerprint density at radius 2 is 1.65 bits per heavy atom. The first-order valence-corrected chi connectivity index (χ1v) is 21.8. The first-order valence-electron chi connectivity index (χ1n) is 16.9. The van der Waals surface area contributed by atoms with Crippen LogP contribution in [0.3, 0.4) is 0 Å². The average molecular weight is 806 g/mol. The summed E-state index contributed by atoms with van der Waals surface area (Å²) in [6, 6.07) is 7.04. The van der Waals surface area contributed by atoms with Gasteiger partial charge in [-0.1, -0.05) is 6.08 Å². The maximum absolute atomic E-state index is 11.6. The van der Waals surface area contributed by atoms with Gasteiger partial charge in [0.05, 0.1) is 16.8 Å². The van der Waals surface area contributed by atoms with Crippen LogP contribution in [0.2, 0.25) is 0 Å². The highest BCUT2D eigenvalue weighted by Crippen LogP contribution is 2.55. The molecule has 0 radical (unpaired) electrons. The summed E-state index contributed by atoms with van der Waals surface area (Å²) in [5, 5.41) is 21.2. The fourth-order valence-electron chi connectivity index (χ4n) is 7.91. The highest BCUT2D eigenvalue weighted by Gasteiger charge is 2.55. The summed E-state index contributed by atoms with van der Waals surface area (Å²) >= 11 is 0. The molecule has 0 amide bonds. The zero-order chi connectivity index (χ0) is 39.3. The van der Waals surface area contributed by atoms with Crippen LogP contribution < -0.4 is 4.90 Å². The van der Waals surface area contributed by atoms with Gasteiger partial charge in [0.2, 0.25) is 5.69 Å². The van der Waals surface area contributed by atoms with Gasteiger partial charge in [0.1, 0.15) is 52.6 Å². The number of anilines is 1. The number of nitrogens with zero attached hydrogens (tertiary/aromatic N) is 4. The van der Waals surface area contributed by atoms with Crippen LogP contribution in [0.15, 0.2) is 95.5 Å². The third kappa shape index (κ3) is 8.21. The van der Waals surface area contributed by atoms with E-state index in [0.29, 0.717) is 48.4 Å². The highest BCUT2D eigenvalue weighted by molar-refractivity contribution is 7.86. The number of ether oxygens (including phenoxy) is 1. The molecule has 290 valence electrons. The van der Waals surface area contributed by atoms with Crippen molar-refractivity contribution >= 4 is 47.4 Å². The van der Waals surface area contributed by atoms with Crippen LogP contribution in [0.5, 0.6) is 0 Å². The molecule has 0 saturated heterocycles. The second-order valence-electron chi connectivity index (χ2n) is 14.1. The standard InChI is InChI=1S/C35H40N4O12S3/c1-34-13-11-23(32(34)38(19-25(40)21-53(45,46)47)28-5-3-15-36-30(28)34)7-9-27(51-17-18-52(42,43)44)10-8-24-12-14-35(2)31-29(6-4-16-37-31)39(33(24)35)20-26(41)22-54(48,49)50/h3-10,15-16,19,26,41H,11-14,17-18,20-22H2,1-2H3,(H3-,40,42,43,44,45,46,47,48,49,50)/p+1/b25-19+. The van der Waals surface area contributed by atoms with Gasteiger partial charge in [-0.3, -0.25) is 23.6 Å². The molecule has 0 spiro atoms. The highest BCUT2D eigenvalue weighted by atomic mass is 32.2. The van der Waals surface area contributed by atoms with Crippen molar-refractivity contribution < 1.29 is 58.4 Å². The lowest BCUT2D eigenvalue weighted by atomic mass is 9.84. The topological polar surface area (TPSA) is 245 Å². The predicted molar refractivity (Wildman–Crippen MR) is 198 cm³/mol. The lowest BCUT2D eigenvalue weighted by molar-refractivity contribution is -0.448. The van der Waals surface area contributed by atoms with Crippen molar-refractivity contribution in [2.75, 3.05) is 35.3 Å². The lowest BCUT2D eigenvalue weighted by Gasteiger charge is -2.23. The van der Waals surface area contributed by atoms with Crippen LogP contribution in [0, 0.1) is 0 Å². The molecule has 6 rings (SSSR count). The van der Waals surface area contributed by atoms with Crippen LogP contribution in [0.1, 0.15) is 50.9 Å². The monoisotopic (exact) mass is 805 g/mol. The molecule has 3 unspecified atom stereocenters. The van der Waals surface area contributed by atoms with Gasteiger partial charge >= 0.3 is 0 Å². The minimum Gasteiger partial charge on any atom is -0.510 e. The first kappa shape index (κ1) is 39.5. The second kappa shape index (κ2) is 14.4. The van der Waals surface area contributed by atoms with E-state index in [2.05, 4.69) is 9.97 Å². The summed E-state index contributed by atoms with van der Waals surface area (Å²) in [6.07, 6.45) is 12.3. The molecule has 2 aliphatic carbocycles. The molecule has 0 aromatic carbocycles. The summed E-state index contributed by atoms with van der Waals surface area (Å²) in [5.41, 5.74) is 4.65. The van der Waals surface area contributed by atoms with E-state index in [9.17, 15) is 49.1 Å². The molecular weight excluding hydrogens is 765 g/mol. The van der Waals surface area contributed by atoms with Gasteiger partial charge in [-0.2, -0.15) is 29.8 Å². The van der Waals surface area contributed by atoms with Crippen LogP contribution in [0.25, 0.3) is 0 Å². The molecule has 4 heterocycles. The third-order valence-electron chi connectivity index (χ3n) is 10.0. The van der Waals surface area contributed by atoms with Crippen LogP contribution in [-0.4, -0.2) is 106 Å². The molecule has 19 heteroatoms. The van der Waals surface area contributed by atoms with E-state index in [1.165, 1.54) is 6.20 Å². The number of aromatic nitrogens is 2. The summed E-state index contributed by atoms with van der Waals surface area (Å²) < 4.78 is 105. The normalized spacial score (nSPS) is 24.4. The van der Waals surface area contributed by atoms with Crippen molar-refractivity contribution in [1.29, 1.82) is 0 Å². The number of pyridine rings is 2. The van der Waals surface area contributed by atoms with Crippen molar-refractivity contribution in [2.24, 2.45) is 0 Å². The molecule has 16 nitrogen and oxygen atoms in total. The predicted octanol–water partition coefficient (Wildman–Crippen LogP) is 3.26. The number of rotatable bonds is 14. The van der Waals surface area contributed by atoms with Gasteiger partial charge in [-0.25, -0.2) is 0 Å². The second-order valence-corrected chi connectivity index (χ2v) is 18.6. The fourth-order valence-corrected chi connectivity index (χ4v) is 9.25. The molecule has 1 fully saturated rings. The molecular formula is C35H41N4O12S3+. The van der Waals surface area contributed by atoms with E-state index in [4.69, 9.17) is 4.74 Å². The summed E-state index contributed by atoms with van der Waals surface area (Å²) in [4.78, 5) is 10.8. The molecule has 0 bridgehead atoms. The minimum absolute atomic E-state index is 0.139. The van der Waals surface area contributed by atoms with Crippen molar-refractivity contribution in [3.05, 3.63) is 107 Å². The zero-order valence-electron chi connectivity index (χ0n) is 29.4. The van der Waals surface area contributed by atoms with Gasteiger partial charge < -0.3 is 19.8 Å². The lowest BCUT2D eigenvalue weighted by Crippen LogP contribution is -2.33. The number of aliphatic hydroxyl groups excluding tert-OH is 2. The number of β-amino-alcohol motifs (C(OH)–C–C–N with tert-alkyl or cyclic N) is 1. The summed E-state index contributed by atoms with van der Waals surface area (Å²) in [6.45, 7) is 3.46. The van der Waals surface area contributed by atoms with Crippen LogP contribution >= 0.6 is 0 Å². The largest absolute Gasteiger partial charge is 0.510 e. The van der Waals surface area contributed by atoms with Gasteiger partial charge in [0.25, 0.3) is 30.4 Å². The number of fused-ring (bicyclic) bond motifs is 6. The van der Waals surface area contributed by atoms with Crippen LogP contribution in [0.4, 0.5) is 11.4 Å². The van der Waals surface area contributed by atoms with Crippen molar-refractivity contribution in [3.63, 3.8) is 0 Å². The van der Waals surface area contributed by atoms with Crippen LogP contribution in [-0.2, 0) is 45.9 Å². The Bertz CT molecular complexity index is 2400. The molecule has 54 heavy (non-hydrogen) atoms. The Labute approximate surface area is 313 Å². The maximum atomic E-state index is 11.6. The van der Waals surface area contributed by atoms with Gasteiger partial charge in [-0.15, -0.1) is 0 Å². The molecule has 2 aromatic heterocycles. The van der Waals surface area contributed by atoms with E-state index in [1.54, 1.807) is 64.4 Å². The Kier molecular flexibility index (Phi) is 10.6. The van der Waals surface area contributed by atoms with Gasteiger partial charge in [0, 0.05) is 35.9 Å². The zero-order valence-corrected chi connectivity index (χ0v) is 31.8. The Hall–Kier alpha value is -4.24. The van der Waals surface area contributed by atoms with Gasteiger partial charge in [0.15, 0.2) is 12.3 Å². The fraction of sp³-hybridized carbons (Fsp3) is 0.400. The van der Waals surface area contributed by atoms with E-state index in [0.717, 1.165) is 22.6 Å². The molecule has 2 aliphatic heterocycles. The summed E-state index contributed by atoms with van der Waals surface area (Å²) in [5.74, 6) is -2.90. The summed E-state index contributed by atoms with van der Waals surface area (Å²) in [7, 11) is -13.3. The average Bonchev–Trinajstić information content (AvgIpc) is 3.71. The van der Waals surface area contributed by atoms with Crippen molar-refractivity contribution in [1.82, 2.24) is 9.97 Å². The van der Waals surface area contributed by atoms with E-state index < -0.39 is 70.3 Å². The quantitative estimate of drug-likeness (QED) is 0.0796. The SMILES string of the molecule is CC12CCC(/C=C/C(=C/C=C3\CCC4(C)C3=[N+](CC(O)CS(=O)(=O)O)c3cccnc34)OCCS(=O)(=O)O)=C1N(/C=C(/O)CS(=O)(=O)O)c1cccnc12. The number of allylic oxidation sites excluding steroid dienone is 7. The Balaban J connectivity index is 1.40. The number of aliphatic hydroxyl groups is 2. The number of hydrogen-bond donors (Lipinski definition) is 5. The number of hydrogen-bond acceptors (Lipinski definition) is 12. The van der Waals surface area contributed by atoms with Crippen molar-refractivity contribution in [2.45, 2.75) is 56.5 Å². The van der Waals surface area contributed by atoms with Gasteiger partial charge in [-0.05, 0) is 81.5 Å². The molecule has 5 N–H and O–H groups in total. The molecule has 2 aromatic rings. The first-order chi connectivity index (χ1) is 25.2. The van der Waals surface area contributed by atoms with Crippen molar-refractivity contribution in [3.8, 4) is 0 Å². The minimum atomic E-state index is -4.52. The molecule has 1 saturated carbocycles. The maximum Gasteiger partial charge on any atom is 0.272 e. The molecule has 3 atom stereocenters. The van der Waals surface area contributed by atoms with E-state index in [1.807, 2.05) is 19.9 Å². The smallest absolute Gasteiger partial charge is 0.272 e. The Morgan fingerprint density at radius 3 is 2.33 bits per heavy atom. The Morgan fingerprint density at radius 1 is 0.963 bits per heavy atom. The molecule has 4 aliphatic rings.